The molecular formula is C18H15BrF3N3. The van der Waals surface area contributed by atoms with E-state index in [9.17, 15) is 13.2 Å². The smallest absolute Gasteiger partial charge is 0.363 e. The van der Waals surface area contributed by atoms with E-state index in [1.54, 1.807) is 24.3 Å². The molecule has 0 bridgehead atoms. The summed E-state index contributed by atoms with van der Waals surface area (Å²) < 4.78 is 40.3. The predicted molar refractivity (Wildman–Crippen MR) is 95.3 cm³/mol. The van der Waals surface area contributed by atoms with E-state index in [1.807, 2.05) is 31.2 Å². The van der Waals surface area contributed by atoms with Crippen LogP contribution in [0.4, 0.5) is 19.0 Å². The molecule has 3 aromatic rings. The van der Waals surface area contributed by atoms with Gasteiger partial charge in [0.05, 0.1) is 11.6 Å². The Morgan fingerprint density at radius 1 is 1.04 bits per heavy atom. The summed E-state index contributed by atoms with van der Waals surface area (Å²) >= 11 is 3.38. The molecule has 1 unspecified atom stereocenters. The molecule has 3 rings (SSSR count). The molecule has 3 nitrogen and oxygen atoms in total. The fourth-order valence-corrected chi connectivity index (χ4v) is 2.86. The Morgan fingerprint density at radius 3 is 2.36 bits per heavy atom. The second-order valence-corrected chi connectivity index (χ2v) is 6.48. The molecule has 0 aliphatic carbocycles. The first-order chi connectivity index (χ1) is 11.9. The molecule has 0 radical (unpaired) electrons. The van der Waals surface area contributed by atoms with E-state index in [0.717, 1.165) is 10.0 Å². The van der Waals surface area contributed by atoms with Crippen LogP contribution in [0.2, 0.25) is 0 Å². The highest BCUT2D eigenvalue weighted by molar-refractivity contribution is 9.10. The molecule has 25 heavy (non-hydrogen) atoms. The van der Waals surface area contributed by atoms with Crippen LogP contribution < -0.4 is 5.32 Å². The second-order valence-electron chi connectivity index (χ2n) is 5.57. The van der Waals surface area contributed by atoms with Gasteiger partial charge in [-0.05, 0) is 36.2 Å². The van der Waals surface area contributed by atoms with Crippen molar-refractivity contribution >= 4 is 32.7 Å². The molecule has 7 heteroatoms. The van der Waals surface area contributed by atoms with Gasteiger partial charge in [-0.2, -0.15) is 13.2 Å². The van der Waals surface area contributed by atoms with E-state index in [2.05, 4.69) is 31.2 Å². The summed E-state index contributed by atoms with van der Waals surface area (Å²) in [5.41, 5.74) is 1.24. The van der Waals surface area contributed by atoms with Gasteiger partial charge in [-0.3, -0.25) is 0 Å². The zero-order valence-electron chi connectivity index (χ0n) is 13.3. The van der Waals surface area contributed by atoms with Crippen LogP contribution in [0.1, 0.15) is 30.8 Å². The molecule has 1 N–H and O–H groups in total. The molecule has 0 amide bonds. The molecule has 130 valence electrons. The lowest BCUT2D eigenvalue weighted by atomic mass is 10.0. The van der Waals surface area contributed by atoms with Gasteiger partial charge < -0.3 is 5.32 Å². The molecule has 1 heterocycles. The van der Waals surface area contributed by atoms with E-state index in [4.69, 9.17) is 0 Å². The predicted octanol–water partition coefficient (Wildman–Crippen LogP) is 5.97. The average molecular weight is 410 g/mol. The maximum Gasteiger partial charge on any atom is 0.451 e. The number of benzene rings is 2. The molecule has 0 saturated carbocycles. The van der Waals surface area contributed by atoms with Crippen molar-refractivity contribution in [1.82, 2.24) is 9.97 Å². The lowest BCUT2D eigenvalue weighted by Crippen LogP contribution is -2.16. The molecule has 0 aliphatic rings. The Morgan fingerprint density at radius 2 is 1.72 bits per heavy atom. The van der Waals surface area contributed by atoms with Gasteiger partial charge in [-0.15, -0.1) is 0 Å². The number of alkyl halides is 3. The minimum absolute atomic E-state index is 0.160. The SMILES string of the molecule is CCC(Nc1nc(C(F)(F)F)nc2ccccc12)c1ccc(Br)cc1. The number of anilines is 1. The van der Waals surface area contributed by atoms with Crippen molar-refractivity contribution in [3.8, 4) is 0 Å². The number of aromatic nitrogens is 2. The van der Waals surface area contributed by atoms with Crippen LogP contribution in [0, 0.1) is 0 Å². The molecule has 0 fully saturated rings. The average Bonchev–Trinajstić information content (AvgIpc) is 2.59. The number of para-hydroxylation sites is 1. The van der Waals surface area contributed by atoms with Gasteiger partial charge in [0.1, 0.15) is 5.82 Å². The number of hydrogen-bond acceptors (Lipinski definition) is 3. The Bertz CT molecular complexity index is 879. The summed E-state index contributed by atoms with van der Waals surface area (Å²) in [6.45, 7) is 1.97. The van der Waals surface area contributed by atoms with Crippen LogP contribution in [0.3, 0.4) is 0 Å². The Kier molecular flexibility index (Phi) is 4.94. The van der Waals surface area contributed by atoms with Crippen molar-refractivity contribution in [2.24, 2.45) is 0 Å². The molecule has 0 spiro atoms. The molecule has 1 atom stereocenters. The minimum Gasteiger partial charge on any atom is -0.363 e. The number of hydrogen-bond donors (Lipinski definition) is 1. The van der Waals surface area contributed by atoms with E-state index in [-0.39, 0.29) is 17.4 Å². The highest BCUT2D eigenvalue weighted by Crippen LogP contribution is 2.32. The van der Waals surface area contributed by atoms with Crippen LogP contribution in [0.15, 0.2) is 53.0 Å². The quantitative estimate of drug-likeness (QED) is 0.576. The van der Waals surface area contributed by atoms with E-state index in [1.165, 1.54) is 0 Å². The molecule has 2 aromatic carbocycles. The molecular weight excluding hydrogens is 395 g/mol. The Hall–Kier alpha value is -2.15. The largest absolute Gasteiger partial charge is 0.451 e. The van der Waals surface area contributed by atoms with Crippen LogP contribution >= 0.6 is 15.9 Å². The van der Waals surface area contributed by atoms with Crippen LogP contribution in [0.5, 0.6) is 0 Å². The maximum absolute atomic E-state index is 13.1. The maximum atomic E-state index is 13.1. The third-order valence-corrected chi connectivity index (χ3v) is 4.38. The van der Waals surface area contributed by atoms with Gasteiger partial charge >= 0.3 is 6.18 Å². The van der Waals surface area contributed by atoms with Crippen LogP contribution in [0.25, 0.3) is 10.9 Å². The van der Waals surface area contributed by atoms with Crippen molar-refractivity contribution < 1.29 is 13.2 Å². The van der Waals surface area contributed by atoms with Crippen molar-refractivity contribution in [2.75, 3.05) is 5.32 Å². The number of nitrogens with one attached hydrogen (secondary N) is 1. The number of fused-ring (bicyclic) bond motifs is 1. The fraction of sp³-hybridized carbons (Fsp3) is 0.222. The van der Waals surface area contributed by atoms with Gasteiger partial charge in [-0.25, -0.2) is 9.97 Å². The van der Waals surface area contributed by atoms with E-state index >= 15 is 0 Å². The molecule has 0 aliphatic heterocycles. The van der Waals surface area contributed by atoms with Gasteiger partial charge in [0.25, 0.3) is 0 Å². The normalized spacial score (nSPS) is 13.0. The zero-order chi connectivity index (χ0) is 18.0. The summed E-state index contributed by atoms with van der Waals surface area (Å²) in [5.74, 6) is -0.952. The topological polar surface area (TPSA) is 37.8 Å². The summed E-state index contributed by atoms with van der Waals surface area (Å²) in [4.78, 5) is 7.39. The second kappa shape index (κ2) is 7.00. The van der Waals surface area contributed by atoms with Crippen molar-refractivity contribution in [3.05, 3.63) is 64.4 Å². The first-order valence-electron chi connectivity index (χ1n) is 7.74. The van der Waals surface area contributed by atoms with E-state index < -0.39 is 12.0 Å². The third kappa shape index (κ3) is 3.92. The van der Waals surface area contributed by atoms with Gasteiger partial charge in [0.2, 0.25) is 5.82 Å². The third-order valence-electron chi connectivity index (χ3n) is 3.85. The summed E-state index contributed by atoms with van der Waals surface area (Å²) in [6, 6.07) is 14.2. The summed E-state index contributed by atoms with van der Waals surface area (Å²) in [7, 11) is 0. The first kappa shape index (κ1) is 17.7. The number of halogens is 4. The van der Waals surface area contributed by atoms with Crippen LogP contribution in [-0.2, 0) is 6.18 Å². The zero-order valence-corrected chi connectivity index (χ0v) is 14.9. The molecule has 0 saturated heterocycles. The summed E-state index contributed by atoms with van der Waals surface area (Å²) in [6.07, 6.45) is -3.90. The van der Waals surface area contributed by atoms with Gasteiger partial charge in [0, 0.05) is 9.86 Å². The highest BCUT2D eigenvalue weighted by atomic mass is 79.9. The standard InChI is InChI=1S/C18H15BrF3N3/c1-2-14(11-7-9-12(19)10-8-11)23-16-13-5-3-4-6-15(13)24-17(25-16)18(20,21)22/h3-10,14H,2H2,1H3,(H,23,24,25). The summed E-state index contributed by atoms with van der Waals surface area (Å²) in [5, 5.41) is 3.71. The van der Waals surface area contributed by atoms with Crippen molar-refractivity contribution in [1.29, 1.82) is 0 Å². The number of rotatable bonds is 4. The van der Waals surface area contributed by atoms with Crippen molar-refractivity contribution in [3.63, 3.8) is 0 Å². The number of nitrogens with zero attached hydrogens (tertiary/aromatic N) is 2. The Balaban J connectivity index is 2.05. The monoisotopic (exact) mass is 409 g/mol. The lowest BCUT2D eigenvalue weighted by Gasteiger charge is -2.20. The first-order valence-corrected chi connectivity index (χ1v) is 8.53. The Labute approximate surface area is 151 Å². The highest BCUT2D eigenvalue weighted by Gasteiger charge is 2.35. The van der Waals surface area contributed by atoms with Crippen LogP contribution in [-0.4, -0.2) is 9.97 Å². The van der Waals surface area contributed by atoms with E-state index in [0.29, 0.717) is 11.8 Å². The fourth-order valence-electron chi connectivity index (χ4n) is 2.59. The lowest BCUT2D eigenvalue weighted by molar-refractivity contribution is -0.144. The van der Waals surface area contributed by atoms with Gasteiger partial charge in [0.15, 0.2) is 0 Å². The molecule has 1 aromatic heterocycles. The minimum atomic E-state index is -4.60. The van der Waals surface area contributed by atoms with Gasteiger partial charge in [-0.1, -0.05) is 47.1 Å². The van der Waals surface area contributed by atoms with Crippen molar-refractivity contribution in [2.45, 2.75) is 25.6 Å².